The summed E-state index contributed by atoms with van der Waals surface area (Å²) in [4.78, 5) is 38.5. The third-order valence-electron chi connectivity index (χ3n) is 6.58. The maximum atomic E-state index is 13.2. The number of nitrogens with one attached hydrogen (secondary N) is 2. The first-order chi connectivity index (χ1) is 13.5. The molecule has 1 atom stereocenters. The van der Waals surface area contributed by atoms with Crippen LogP contribution in [0.1, 0.15) is 47.2 Å². The van der Waals surface area contributed by atoms with E-state index in [4.69, 9.17) is 9.47 Å². The minimum absolute atomic E-state index is 0. The summed E-state index contributed by atoms with van der Waals surface area (Å²) in [6, 6.07) is 1.31. The number of halogens is 1. The van der Waals surface area contributed by atoms with Crippen molar-refractivity contribution in [1.29, 1.82) is 0 Å². The van der Waals surface area contributed by atoms with Crippen LogP contribution in [0.25, 0.3) is 0 Å². The van der Waals surface area contributed by atoms with Gasteiger partial charge in [-0.05, 0) is 38.4 Å². The van der Waals surface area contributed by atoms with Gasteiger partial charge in [-0.1, -0.05) is 0 Å². The van der Waals surface area contributed by atoms with Crippen molar-refractivity contribution in [2.75, 3.05) is 26.8 Å². The van der Waals surface area contributed by atoms with E-state index < -0.39 is 11.9 Å². The monoisotopic (exact) mass is 421 g/mol. The zero-order valence-electron chi connectivity index (χ0n) is 16.2. The fraction of sp³-hybridized carbons (Fsp3) is 0.550. The molecule has 0 bridgehead atoms. The highest BCUT2D eigenvalue weighted by atomic mass is 35.5. The number of carbonyl (C=O) groups is 3. The molecule has 1 aromatic carbocycles. The van der Waals surface area contributed by atoms with Crippen molar-refractivity contribution < 1.29 is 23.9 Å². The average Bonchev–Trinajstić information content (AvgIpc) is 3.21. The number of piperidine rings is 2. The van der Waals surface area contributed by atoms with Crippen molar-refractivity contribution in [2.24, 2.45) is 0 Å². The number of rotatable bonds is 2. The molecule has 0 radical (unpaired) electrons. The van der Waals surface area contributed by atoms with E-state index in [1.165, 1.54) is 0 Å². The Labute approximate surface area is 174 Å². The van der Waals surface area contributed by atoms with E-state index in [1.807, 2.05) is 6.07 Å². The van der Waals surface area contributed by atoms with Crippen molar-refractivity contribution in [3.8, 4) is 11.5 Å². The molecule has 2 fully saturated rings. The van der Waals surface area contributed by atoms with Crippen LogP contribution in [-0.2, 0) is 21.5 Å². The van der Waals surface area contributed by atoms with Gasteiger partial charge in [-0.15, -0.1) is 12.4 Å². The molecule has 4 aliphatic rings. The first-order valence-corrected chi connectivity index (χ1v) is 9.76. The maximum absolute atomic E-state index is 13.2. The lowest BCUT2D eigenvalue weighted by atomic mass is 9.74. The van der Waals surface area contributed by atoms with Gasteiger partial charge in [0.2, 0.25) is 11.8 Å². The number of nitrogens with zero attached hydrogens (tertiary/aromatic N) is 1. The molecule has 0 aromatic heterocycles. The Balaban J connectivity index is 0.00000205. The van der Waals surface area contributed by atoms with E-state index in [-0.39, 0.29) is 36.1 Å². The fourth-order valence-electron chi connectivity index (χ4n) is 5.02. The summed E-state index contributed by atoms with van der Waals surface area (Å²) in [5.41, 5.74) is 2.35. The van der Waals surface area contributed by atoms with Crippen molar-refractivity contribution >= 4 is 30.1 Å². The third kappa shape index (κ3) is 2.88. The second-order valence-electron chi connectivity index (χ2n) is 8.03. The molecule has 0 unspecified atom stereocenters. The standard InChI is InChI=1S/C20H23N3O5.ClH/c1-27-14-8-12-17(28-10-20(12)4-6-21-7-5-20)11-9-23(19(26)16(11)14)13-2-3-15(24)22-18(13)25;/h8,13,21H,2-7,9-10H2,1H3,(H,22,24,25);1H/t13-;/m0./s1. The van der Waals surface area contributed by atoms with Crippen LogP contribution in [-0.4, -0.2) is 55.5 Å². The van der Waals surface area contributed by atoms with Crippen LogP contribution in [0.15, 0.2) is 6.07 Å². The van der Waals surface area contributed by atoms with Crippen LogP contribution in [0.3, 0.4) is 0 Å². The minimum Gasteiger partial charge on any atom is -0.496 e. The van der Waals surface area contributed by atoms with E-state index in [2.05, 4.69) is 10.6 Å². The quantitative estimate of drug-likeness (QED) is 0.688. The lowest BCUT2D eigenvalue weighted by Gasteiger charge is -2.32. The molecular weight excluding hydrogens is 398 g/mol. The van der Waals surface area contributed by atoms with Gasteiger partial charge < -0.3 is 19.7 Å². The van der Waals surface area contributed by atoms with E-state index in [0.717, 1.165) is 42.8 Å². The van der Waals surface area contributed by atoms with Gasteiger partial charge in [0, 0.05) is 23.0 Å². The summed E-state index contributed by atoms with van der Waals surface area (Å²) in [6.45, 7) is 2.78. The predicted octanol–water partition coefficient (Wildman–Crippen LogP) is 0.892. The predicted molar refractivity (Wildman–Crippen MR) is 106 cm³/mol. The van der Waals surface area contributed by atoms with E-state index >= 15 is 0 Å². The Hall–Kier alpha value is -2.32. The zero-order chi connectivity index (χ0) is 19.5. The normalized spacial score (nSPS) is 24.5. The molecule has 2 saturated heterocycles. The number of hydrogen-bond acceptors (Lipinski definition) is 6. The third-order valence-corrected chi connectivity index (χ3v) is 6.58. The summed E-state index contributed by atoms with van der Waals surface area (Å²) in [5.74, 6) is 0.376. The molecule has 9 heteroatoms. The number of ether oxygens (including phenoxy) is 2. The number of imide groups is 1. The number of amides is 3. The van der Waals surface area contributed by atoms with Gasteiger partial charge in [-0.3, -0.25) is 19.7 Å². The zero-order valence-corrected chi connectivity index (χ0v) is 17.0. The van der Waals surface area contributed by atoms with Crippen molar-refractivity contribution in [3.05, 3.63) is 22.8 Å². The second-order valence-corrected chi connectivity index (χ2v) is 8.03. The topological polar surface area (TPSA) is 97.0 Å². The number of hydrogen-bond donors (Lipinski definition) is 2. The summed E-state index contributed by atoms with van der Waals surface area (Å²) in [6.07, 6.45) is 2.53. The van der Waals surface area contributed by atoms with Gasteiger partial charge in [0.05, 0.1) is 25.8 Å². The van der Waals surface area contributed by atoms with E-state index in [0.29, 0.717) is 30.9 Å². The molecule has 2 N–H and O–H groups in total. The SMILES string of the molecule is COc1cc2c(c3c1C(=O)N([C@H]1CCC(=O)NC1=O)C3)OCC21CCNCC1.Cl. The molecule has 4 aliphatic heterocycles. The van der Waals surface area contributed by atoms with Gasteiger partial charge in [-0.2, -0.15) is 0 Å². The molecule has 0 aliphatic carbocycles. The van der Waals surface area contributed by atoms with Crippen molar-refractivity contribution in [1.82, 2.24) is 15.5 Å². The fourth-order valence-corrected chi connectivity index (χ4v) is 5.02. The average molecular weight is 422 g/mol. The number of carbonyl (C=O) groups excluding carboxylic acids is 3. The van der Waals surface area contributed by atoms with Crippen molar-refractivity contribution in [3.63, 3.8) is 0 Å². The molecule has 1 spiro atoms. The van der Waals surface area contributed by atoms with Gasteiger partial charge in [0.15, 0.2) is 0 Å². The van der Waals surface area contributed by atoms with Crippen LogP contribution in [0.5, 0.6) is 11.5 Å². The minimum atomic E-state index is -0.646. The Morgan fingerprint density at radius 2 is 2.00 bits per heavy atom. The highest BCUT2D eigenvalue weighted by molar-refractivity contribution is 6.07. The molecule has 8 nitrogen and oxygen atoms in total. The molecule has 156 valence electrons. The largest absolute Gasteiger partial charge is 0.496 e. The smallest absolute Gasteiger partial charge is 0.259 e. The number of benzene rings is 1. The first kappa shape index (κ1) is 20.0. The molecule has 5 rings (SSSR count). The summed E-state index contributed by atoms with van der Waals surface area (Å²) < 4.78 is 11.7. The van der Waals surface area contributed by atoms with E-state index in [9.17, 15) is 14.4 Å². The number of methoxy groups -OCH3 is 1. The van der Waals surface area contributed by atoms with Gasteiger partial charge >= 0.3 is 0 Å². The summed E-state index contributed by atoms with van der Waals surface area (Å²) >= 11 is 0. The Morgan fingerprint density at radius 1 is 1.24 bits per heavy atom. The molecule has 3 amide bonds. The van der Waals surface area contributed by atoms with E-state index in [1.54, 1.807) is 12.0 Å². The maximum Gasteiger partial charge on any atom is 0.259 e. The molecule has 4 heterocycles. The van der Waals surface area contributed by atoms with Crippen LogP contribution in [0.4, 0.5) is 0 Å². The van der Waals surface area contributed by atoms with Gasteiger partial charge in [0.25, 0.3) is 5.91 Å². The lowest BCUT2D eigenvalue weighted by molar-refractivity contribution is -0.136. The Morgan fingerprint density at radius 3 is 2.69 bits per heavy atom. The highest BCUT2D eigenvalue weighted by Crippen LogP contribution is 2.51. The lowest BCUT2D eigenvalue weighted by Crippen LogP contribution is -2.52. The number of fused-ring (bicyclic) bond motifs is 4. The Kier molecular flexibility index (Phi) is 4.94. The molecule has 0 saturated carbocycles. The highest BCUT2D eigenvalue weighted by Gasteiger charge is 2.48. The van der Waals surface area contributed by atoms with Crippen LogP contribution >= 0.6 is 12.4 Å². The van der Waals surface area contributed by atoms with Crippen LogP contribution in [0, 0.1) is 0 Å². The summed E-state index contributed by atoms with van der Waals surface area (Å²) in [7, 11) is 1.56. The summed E-state index contributed by atoms with van der Waals surface area (Å²) in [5, 5.41) is 5.73. The van der Waals surface area contributed by atoms with Crippen LogP contribution < -0.4 is 20.1 Å². The molecular formula is C20H24ClN3O5. The Bertz CT molecular complexity index is 897. The first-order valence-electron chi connectivity index (χ1n) is 9.76. The van der Waals surface area contributed by atoms with Crippen molar-refractivity contribution in [2.45, 2.75) is 43.7 Å². The molecule has 29 heavy (non-hydrogen) atoms. The van der Waals surface area contributed by atoms with Crippen LogP contribution in [0.2, 0.25) is 0 Å². The van der Waals surface area contributed by atoms with Gasteiger partial charge in [-0.25, -0.2) is 0 Å². The van der Waals surface area contributed by atoms with Gasteiger partial charge in [0.1, 0.15) is 17.5 Å². The molecule has 1 aromatic rings. The second kappa shape index (κ2) is 7.18.